The highest BCUT2D eigenvalue weighted by atomic mass is 16.4. The molecule has 0 saturated carbocycles. The highest BCUT2D eigenvalue weighted by Gasteiger charge is 2.09. The van der Waals surface area contributed by atoms with Gasteiger partial charge in [-0.25, -0.2) is 19.7 Å². The van der Waals surface area contributed by atoms with E-state index in [1.54, 1.807) is 18.5 Å². The number of carboxylic acids is 1. The molecule has 2 aromatic heterocycles. The van der Waals surface area contributed by atoms with Crippen LogP contribution in [-0.4, -0.2) is 31.0 Å². The van der Waals surface area contributed by atoms with Crippen LogP contribution in [0.4, 0.5) is 5.82 Å². The van der Waals surface area contributed by atoms with Gasteiger partial charge in [-0.15, -0.1) is 0 Å². The predicted octanol–water partition coefficient (Wildman–Crippen LogP) is 4.50. The minimum absolute atomic E-state index is 0.381. The number of hydrogen-bond donors (Lipinski definition) is 3. The molecule has 164 valence electrons. The van der Waals surface area contributed by atoms with Crippen LogP contribution in [0.15, 0.2) is 91.3 Å². The molecule has 0 fully saturated rings. The van der Waals surface area contributed by atoms with E-state index in [1.165, 1.54) is 0 Å². The molecule has 5 rings (SSSR count). The number of nitrogen functional groups attached to an aromatic ring is 1. The molecule has 33 heavy (non-hydrogen) atoms. The van der Waals surface area contributed by atoms with Crippen molar-refractivity contribution < 1.29 is 9.90 Å². The zero-order valence-corrected chi connectivity index (χ0v) is 17.8. The summed E-state index contributed by atoms with van der Waals surface area (Å²) in [6, 6.07) is 27.0. The Hall–Kier alpha value is -4.52. The largest absolute Gasteiger partial charge is 0.478 e. The Balaban J connectivity index is 0.000000157. The molecule has 0 aliphatic heterocycles. The first-order valence-electron chi connectivity index (χ1n) is 10.4. The molecule has 3 aromatic carbocycles. The van der Waals surface area contributed by atoms with Gasteiger partial charge in [-0.1, -0.05) is 78.9 Å². The number of H-pyrrole nitrogens is 1. The Morgan fingerprint density at radius 2 is 1.42 bits per heavy atom. The van der Waals surface area contributed by atoms with Gasteiger partial charge in [-0.3, -0.25) is 0 Å². The summed E-state index contributed by atoms with van der Waals surface area (Å²) in [4.78, 5) is 26.6. The average Bonchev–Trinajstić information content (AvgIpc) is 3.30. The molecule has 0 radical (unpaired) electrons. The number of rotatable bonds is 5. The fourth-order valence-electron chi connectivity index (χ4n) is 3.46. The third-order valence-corrected chi connectivity index (χ3v) is 5.05. The summed E-state index contributed by atoms with van der Waals surface area (Å²) in [5.74, 6) is 0.262. The summed E-state index contributed by atoms with van der Waals surface area (Å²) in [5.41, 5.74) is 10.6. The minimum Gasteiger partial charge on any atom is -0.478 e. The molecule has 0 aliphatic rings. The Morgan fingerprint density at radius 3 is 2.09 bits per heavy atom. The van der Waals surface area contributed by atoms with E-state index in [1.807, 2.05) is 72.8 Å². The second-order valence-corrected chi connectivity index (χ2v) is 7.41. The van der Waals surface area contributed by atoms with Crippen LogP contribution in [0, 0.1) is 0 Å². The SMILES string of the molecule is Nc1nc(Cc2ccccc2)nc2nc[nH]c12.O=C(O)c1ccccc1Cc1ccccc1. The van der Waals surface area contributed by atoms with Gasteiger partial charge in [0, 0.05) is 6.42 Å². The number of hydrogen-bond acceptors (Lipinski definition) is 5. The number of fused-ring (bicyclic) bond motifs is 1. The molecular formula is C26H23N5O2. The quantitative estimate of drug-likeness (QED) is 0.373. The average molecular weight is 438 g/mol. The molecule has 0 unspecified atom stereocenters. The fourth-order valence-corrected chi connectivity index (χ4v) is 3.46. The summed E-state index contributed by atoms with van der Waals surface area (Å²) in [6.45, 7) is 0. The maximum absolute atomic E-state index is 11.0. The summed E-state index contributed by atoms with van der Waals surface area (Å²) in [6.07, 6.45) is 2.89. The number of aromatic carboxylic acids is 1. The molecule has 2 heterocycles. The van der Waals surface area contributed by atoms with E-state index < -0.39 is 5.97 Å². The highest BCUT2D eigenvalue weighted by molar-refractivity contribution is 5.89. The van der Waals surface area contributed by atoms with Gasteiger partial charge >= 0.3 is 5.97 Å². The van der Waals surface area contributed by atoms with Gasteiger partial charge in [-0.05, 0) is 29.2 Å². The fraction of sp³-hybridized carbons (Fsp3) is 0.0769. The molecule has 0 spiro atoms. The van der Waals surface area contributed by atoms with E-state index in [9.17, 15) is 4.79 Å². The molecular weight excluding hydrogens is 414 g/mol. The Labute approximate surface area is 191 Å². The number of carboxylic acid groups (broad SMARTS) is 1. The van der Waals surface area contributed by atoms with Gasteiger partial charge in [-0.2, -0.15) is 0 Å². The summed E-state index contributed by atoms with van der Waals surface area (Å²) in [7, 11) is 0. The molecule has 7 heteroatoms. The van der Waals surface area contributed by atoms with Crippen LogP contribution < -0.4 is 5.73 Å². The van der Waals surface area contributed by atoms with Gasteiger partial charge in [0.25, 0.3) is 0 Å². The van der Waals surface area contributed by atoms with E-state index in [4.69, 9.17) is 10.8 Å². The van der Waals surface area contributed by atoms with Crippen molar-refractivity contribution in [3.8, 4) is 0 Å². The Bertz CT molecular complexity index is 1350. The molecule has 0 atom stereocenters. The lowest BCUT2D eigenvalue weighted by molar-refractivity contribution is 0.0696. The van der Waals surface area contributed by atoms with Crippen molar-refractivity contribution in [2.45, 2.75) is 12.8 Å². The van der Waals surface area contributed by atoms with Gasteiger partial charge in [0.2, 0.25) is 0 Å². The van der Waals surface area contributed by atoms with Crippen molar-refractivity contribution in [1.29, 1.82) is 0 Å². The number of nitrogens with one attached hydrogen (secondary N) is 1. The number of nitrogens with zero attached hydrogens (tertiary/aromatic N) is 3. The molecule has 5 aromatic rings. The molecule has 0 bridgehead atoms. The van der Waals surface area contributed by atoms with Crippen molar-refractivity contribution in [3.05, 3.63) is 119 Å². The van der Waals surface area contributed by atoms with Crippen LogP contribution in [0.1, 0.15) is 32.9 Å². The number of nitrogens with two attached hydrogens (primary N) is 1. The topological polar surface area (TPSA) is 118 Å². The predicted molar refractivity (Wildman–Crippen MR) is 128 cm³/mol. The number of aromatic amines is 1. The van der Waals surface area contributed by atoms with E-state index in [0.29, 0.717) is 41.2 Å². The second kappa shape index (κ2) is 10.2. The zero-order chi connectivity index (χ0) is 23.0. The van der Waals surface area contributed by atoms with Crippen LogP contribution >= 0.6 is 0 Å². The van der Waals surface area contributed by atoms with Crippen molar-refractivity contribution in [1.82, 2.24) is 19.9 Å². The third-order valence-electron chi connectivity index (χ3n) is 5.05. The molecule has 0 aliphatic carbocycles. The Morgan fingerprint density at radius 1 is 0.818 bits per heavy atom. The van der Waals surface area contributed by atoms with E-state index in [2.05, 4.69) is 19.9 Å². The Kier molecular flexibility index (Phi) is 6.70. The summed E-state index contributed by atoms with van der Waals surface area (Å²) in [5, 5.41) is 9.04. The normalized spacial score (nSPS) is 10.4. The maximum atomic E-state index is 11.0. The van der Waals surface area contributed by atoms with Crippen molar-refractivity contribution in [3.63, 3.8) is 0 Å². The first-order valence-corrected chi connectivity index (χ1v) is 10.4. The smallest absolute Gasteiger partial charge is 0.335 e. The first-order chi connectivity index (χ1) is 16.1. The second-order valence-electron chi connectivity index (χ2n) is 7.41. The van der Waals surface area contributed by atoms with Crippen molar-refractivity contribution >= 4 is 23.0 Å². The number of carbonyl (C=O) groups is 1. The van der Waals surface area contributed by atoms with Crippen molar-refractivity contribution in [2.24, 2.45) is 0 Å². The molecule has 4 N–H and O–H groups in total. The third kappa shape index (κ3) is 5.59. The molecule has 0 amide bonds. The monoisotopic (exact) mass is 437 g/mol. The van der Waals surface area contributed by atoms with Gasteiger partial charge < -0.3 is 15.8 Å². The minimum atomic E-state index is -0.869. The van der Waals surface area contributed by atoms with Gasteiger partial charge in [0.15, 0.2) is 11.5 Å². The van der Waals surface area contributed by atoms with Crippen LogP contribution in [0.25, 0.3) is 11.2 Å². The number of imidazole rings is 1. The lowest BCUT2D eigenvalue weighted by atomic mass is 10.00. The number of anilines is 1. The first kappa shape index (κ1) is 21.7. The van der Waals surface area contributed by atoms with Gasteiger partial charge in [0.1, 0.15) is 11.3 Å². The lowest BCUT2D eigenvalue weighted by Crippen LogP contribution is -2.02. The van der Waals surface area contributed by atoms with Crippen LogP contribution in [0.2, 0.25) is 0 Å². The van der Waals surface area contributed by atoms with Crippen LogP contribution in [0.3, 0.4) is 0 Å². The van der Waals surface area contributed by atoms with E-state index in [0.717, 1.165) is 16.7 Å². The lowest BCUT2D eigenvalue weighted by Gasteiger charge is -2.05. The molecule has 0 saturated heterocycles. The summed E-state index contributed by atoms with van der Waals surface area (Å²) < 4.78 is 0. The summed E-state index contributed by atoms with van der Waals surface area (Å²) >= 11 is 0. The highest BCUT2D eigenvalue weighted by Crippen LogP contribution is 2.15. The standard InChI is InChI=1S/C14H12O2.C12H11N5/c15-14(16)13-9-5-4-8-12(13)10-11-6-2-1-3-7-11;13-11-10-12(15-7-14-10)17-9(16-11)6-8-4-2-1-3-5-8/h1-9H,10H2,(H,15,16);1-5,7H,6H2,(H3,13,14,15,16,17). The van der Waals surface area contributed by atoms with E-state index >= 15 is 0 Å². The maximum Gasteiger partial charge on any atom is 0.335 e. The van der Waals surface area contributed by atoms with Crippen LogP contribution in [-0.2, 0) is 12.8 Å². The van der Waals surface area contributed by atoms with Crippen LogP contribution in [0.5, 0.6) is 0 Å². The van der Waals surface area contributed by atoms with Crippen molar-refractivity contribution in [2.75, 3.05) is 5.73 Å². The molecule has 7 nitrogen and oxygen atoms in total. The number of benzene rings is 3. The zero-order valence-electron chi connectivity index (χ0n) is 17.8. The van der Waals surface area contributed by atoms with E-state index in [-0.39, 0.29) is 0 Å². The number of aromatic nitrogens is 4. The van der Waals surface area contributed by atoms with Gasteiger partial charge in [0.05, 0.1) is 11.9 Å².